The standard InChI is InChI=1S/C15H24N2/c1-2-3-10-16-15-8-6-14(7-9-15)13-17-11-4-5-12-17/h6-9,16H,2-5,10-13H2,1H3. The highest BCUT2D eigenvalue weighted by Crippen LogP contribution is 2.15. The number of nitrogens with zero attached hydrogens (tertiary/aromatic N) is 1. The third-order valence-electron chi connectivity index (χ3n) is 3.42. The fraction of sp³-hybridized carbons (Fsp3) is 0.600. The molecule has 0 aromatic heterocycles. The molecule has 1 saturated heterocycles. The summed E-state index contributed by atoms with van der Waals surface area (Å²) in [5.41, 5.74) is 2.69. The molecule has 1 aliphatic rings. The van der Waals surface area contributed by atoms with Gasteiger partial charge in [-0.2, -0.15) is 0 Å². The molecule has 1 heterocycles. The number of unbranched alkanes of at least 4 members (excludes halogenated alkanes) is 1. The van der Waals surface area contributed by atoms with E-state index in [-0.39, 0.29) is 0 Å². The van der Waals surface area contributed by atoms with Gasteiger partial charge in [-0.15, -0.1) is 0 Å². The summed E-state index contributed by atoms with van der Waals surface area (Å²) in [7, 11) is 0. The number of nitrogens with one attached hydrogen (secondary N) is 1. The Labute approximate surface area is 105 Å². The fourth-order valence-corrected chi connectivity index (χ4v) is 2.34. The molecule has 1 aliphatic heterocycles. The maximum atomic E-state index is 3.45. The summed E-state index contributed by atoms with van der Waals surface area (Å²) >= 11 is 0. The van der Waals surface area contributed by atoms with Crippen LogP contribution < -0.4 is 5.32 Å². The van der Waals surface area contributed by atoms with E-state index in [9.17, 15) is 0 Å². The van der Waals surface area contributed by atoms with E-state index in [0.717, 1.165) is 13.1 Å². The van der Waals surface area contributed by atoms with Crippen LogP contribution in [0.2, 0.25) is 0 Å². The van der Waals surface area contributed by atoms with Crippen LogP contribution in [0.4, 0.5) is 5.69 Å². The van der Waals surface area contributed by atoms with E-state index in [2.05, 4.69) is 41.4 Å². The summed E-state index contributed by atoms with van der Waals surface area (Å²) in [6.07, 6.45) is 5.24. The van der Waals surface area contributed by atoms with Gasteiger partial charge in [-0.3, -0.25) is 4.90 Å². The van der Waals surface area contributed by atoms with Gasteiger partial charge in [-0.05, 0) is 50.0 Å². The topological polar surface area (TPSA) is 15.3 Å². The van der Waals surface area contributed by atoms with Crippen LogP contribution in [-0.4, -0.2) is 24.5 Å². The number of hydrogen-bond donors (Lipinski definition) is 1. The predicted octanol–water partition coefficient (Wildman–Crippen LogP) is 3.49. The van der Waals surface area contributed by atoms with Gasteiger partial charge in [0.25, 0.3) is 0 Å². The Bertz CT molecular complexity index is 312. The monoisotopic (exact) mass is 232 g/mol. The van der Waals surface area contributed by atoms with Crippen LogP contribution in [-0.2, 0) is 6.54 Å². The lowest BCUT2D eigenvalue weighted by Crippen LogP contribution is -2.18. The van der Waals surface area contributed by atoms with Gasteiger partial charge in [0.1, 0.15) is 0 Å². The van der Waals surface area contributed by atoms with Crippen LogP contribution in [0.15, 0.2) is 24.3 Å². The fourth-order valence-electron chi connectivity index (χ4n) is 2.34. The van der Waals surface area contributed by atoms with Gasteiger partial charge in [0, 0.05) is 18.8 Å². The van der Waals surface area contributed by atoms with Crippen LogP contribution in [0.5, 0.6) is 0 Å². The van der Waals surface area contributed by atoms with Gasteiger partial charge in [-0.1, -0.05) is 25.5 Å². The Kier molecular flexibility index (Phi) is 4.87. The second-order valence-corrected chi connectivity index (χ2v) is 4.96. The molecule has 1 aromatic carbocycles. The van der Waals surface area contributed by atoms with Gasteiger partial charge < -0.3 is 5.32 Å². The summed E-state index contributed by atoms with van der Waals surface area (Å²) in [6.45, 7) is 6.98. The molecule has 1 N–H and O–H groups in total. The van der Waals surface area contributed by atoms with E-state index >= 15 is 0 Å². The van der Waals surface area contributed by atoms with E-state index in [0.29, 0.717) is 0 Å². The van der Waals surface area contributed by atoms with Crippen LogP contribution in [0.25, 0.3) is 0 Å². The summed E-state index contributed by atoms with van der Waals surface area (Å²) in [5, 5.41) is 3.45. The third kappa shape index (κ3) is 4.04. The number of likely N-dealkylation sites (tertiary alicyclic amines) is 1. The molecule has 1 fully saturated rings. The summed E-state index contributed by atoms with van der Waals surface area (Å²) in [5.74, 6) is 0. The quantitative estimate of drug-likeness (QED) is 0.755. The molecule has 1 aromatic rings. The van der Waals surface area contributed by atoms with Gasteiger partial charge in [0.2, 0.25) is 0 Å². The van der Waals surface area contributed by atoms with Crippen molar-refractivity contribution in [3.05, 3.63) is 29.8 Å². The Morgan fingerprint density at radius 3 is 2.47 bits per heavy atom. The molecule has 2 heteroatoms. The van der Waals surface area contributed by atoms with Gasteiger partial charge in [-0.25, -0.2) is 0 Å². The highest BCUT2D eigenvalue weighted by Gasteiger charge is 2.11. The number of anilines is 1. The number of hydrogen-bond acceptors (Lipinski definition) is 2. The molecule has 94 valence electrons. The smallest absolute Gasteiger partial charge is 0.0340 e. The van der Waals surface area contributed by atoms with Crippen molar-refractivity contribution in [3.8, 4) is 0 Å². The molecule has 0 radical (unpaired) electrons. The first-order valence-electron chi connectivity index (χ1n) is 6.93. The number of rotatable bonds is 6. The van der Waals surface area contributed by atoms with Crippen LogP contribution in [0.3, 0.4) is 0 Å². The van der Waals surface area contributed by atoms with E-state index < -0.39 is 0 Å². The van der Waals surface area contributed by atoms with Crippen molar-refractivity contribution in [2.45, 2.75) is 39.2 Å². The van der Waals surface area contributed by atoms with Crippen molar-refractivity contribution < 1.29 is 0 Å². The second-order valence-electron chi connectivity index (χ2n) is 4.96. The minimum atomic E-state index is 1.09. The van der Waals surface area contributed by atoms with Gasteiger partial charge in [0.05, 0.1) is 0 Å². The first-order chi connectivity index (χ1) is 8.38. The van der Waals surface area contributed by atoms with Crippen LogP contribution in [0.1, 0.15) is 38.2 Å². The van der Waals surface area contributed by atoms with Crippen molar-refractivity contribution in [2.24, 2.45) is 0 Å². The highest BCUT2D eigenvalue weighted by atomic mass is 15.1. The average Bonchev–Trinajstić information content (AvgIpc) is 2.85. The Balaban J connectivity index is 1.80. The molecule has 17 heavy (non-hydrogen) atoms. The molecule has 2 nitrogen and oxygen atoms in total. The van der Waals surface area contributed by atoms with E-state index in [1.165, 1.54) is 50.0 Å². The third-order valence-corrected chi connectivity index (χ3v) is 3.42. The Morgan fingerprint density at radius 2 is 1.82 bits per heavy atom. The number of benzene rings is 1. The van der Waals surface area contributed by atoms with Crippen molar-refractivity contribution in [1.82, 2.24) is 4.90 Å². The summed E-state index contributed by atoms with van der Waals surface area (Å²) < 4.78 is 0. The zero-order valence-electron chi connectivity index (χ0n) is 10.9. The van der Waals surface area contributed by atoms with E-state index in [4.69, 9.17) is 0 Å². The predicted molar refractivity (Wildman–Crippen MR) is 74.4 cm³/mol. The van der Waals surface area contributed by atoms with Crippen molar-refractivity contribution in [3.63, 3.8) is 0 Å². The molecule has 0 atom stereocenters. The van der Waals surface area contributed by atoms with E-state index in [1.54, 1.807) is 0 Å². The SMILES string of the molecule is CCCCNc1ccc(CN2CCCC2)cc1. The van der Waals surface area contributed by atoms with Gasteiger partial charge in [0.15, 0.2) is 0 Å². The zero-order chi connectivity index (χ0) is 11.9. The molecule has 0 bridgehead atoms. The molecular formula is C15H24N2. The van der Waals surface area contributed by atoms with Crippen LogP contribution in [0, 0.1) is 0 Å². The maximum absolute atomic E-state index is 3.45. The average molecular weight is 232 g/mol. The second kappa shape index (κ2) is 6.65. The lowest BCUT2D eigenvalue weighted by Gasteiger charge is -2.14. The summed E-state index contributed by atoms with van der Waals surface area (Å²) in [6, 6.07) is 8.93. The van der Waals surface area contributed by atoms with E-state index in [1.807, 2.05) is 0 Å². The first kappa shape index (κ1) is 12.4. The normalized spacial score (nSPS) is 16.3. The molecule has 2 rings (SSSR count). The molecule has 0 amide bonds. The van der Waals surface area contributed by atoms with Crippen molar-refractivity contribution in [1.29, 1.82) is 0 Å². The lowest BCUT2D eigenvalue weighted by atomic mass is 10.2. The van der Waals surface area contributed by atoms with Crippen molar-refractivity contribution >= 4 is 5.69 Å². The largest absolute Gasteiger partial charge is 0.385 e. The Morgan fingerprint density at radius 1 is 1.12 bits per heavy atom. The summed E-state index contributed by atoms with van der Waals surface area (Å²) in [4.78, 5) is 2.54. The van der Waals surface area contributed by atoms with Crippen LogP contribution >= 0.6 is 0 Å². The zero-order valence-corrected chi connectivity index (χ0v) is 10.9. The maximum Gasteiger partial charge on any atom is 0.0340 e. The minimum Gasteiger partial charge on any atom is -0.385 e. The molecular weight excluding hydrogens is 208 g/mol. The lowest BCUT2D eigenvalue weighted by molar-refractivity contribution is 0.331. The molecule has 0 spiro atoms. The van der Waals surface area contributed by atoms with Gasteiger partial charge >= 0.3 is 0 Å². The molecule has 0 unspecified atom stereocenters. The highest BCUT2D eigenvalue weighted by molar-refractivity contribution is 5.44. The molecule has 0 aliphatic carbocycles. The Hall–Kier alpha value is -1.02. The van der Waals surface area contributed by atoms with Crippen molar-refractivity contribution in [2.75, 3.05) is 25.0 Å². The first-order valence-corrected chi connectivity index (χ1v) is 6.93. The molecule has 0 saturated carbocycles. The minimum absolute atomic E-state index is 1.09.